The van der Waals surface area contributed by atoms with E-state index in [1.807, 2.05) is 13.8 Å². The molecule has 0 saturated heterocycles. The predicted molar refractivity (Wildman–Crippen MR) is 73.9 cm³/mol. The molecule has 0 aliphatic rings. The number of aryl methyl sites for hydroxylation is 1. The average Bonchev–Trinajstić information content (AvgIpc) is 2.29. The molecular formula is C13H22ClN3. The van der Waals surface area contributed by atoms with Crippen molar-refractivity contribution in [1.29, 1.82) is 0 Å². The van der Waals surface area contributed by atoms with Crippen molar-refractivity contribution in [2.75, 3.05) is 18.0 Å². The van der Waals surface area contributed by atoms with Crippen LogP contribution >= 0.6 is 11.6 Å². The zero-order valence-electron chi connectivity index (χ0n) is 11.4. The monoisotopic (exact) mass is 255 g/mol. The van der Waals surface area contributed by atoms with Crippen LogP contribution in [0.5, 0.6) is 0 Å². The number of rotatable bonds is 5. The average molecular weight is 256 g/mol. The van der Waals surface area contributed by atoms with E-state index in [-0.39, 0.29) is 0 Å². The topological polar surface area (TPSA) is 29.0 Å². The van der Waals surface area contributed by atoms with Gasteiger partial charge in [-0.25, -0.2) is 9.97 Å². The van der Waals surface area contributed by atoms with Crippen LogP contribution in [-0.4, -0.2) is 23.1 Å². The van der Waals surface area contributed by atoms with Crippen LogP contribution < -0.4 is 4.90 Å². The molecule has 96 valence electrons. The molecule has 1 aromatic rings. The van der Waals surface area contributed by atoms with Crippen LogP contribution in [0.3, 0.4) is 0 Å². The Kier molecular flexibility index (Phi) is 5.19. The van der Waals surface area contributed by atoms with Gasteiger partial charge in [0.2, 0.25) is 0 Å². The van der Waals surface area contributed by atoms with Crippen LogP contribution in [-0.2, 0) is 6.42 Å². The van der Waals surface area contributed by atoms with Crippen LogP contribution in [0.15, 0.2) is 0 Å². The van der Waals surface area contributed by atoms with Gasteiger partial charge in [-0.3, -0.25) is 0 Å². The predicted octanol–water partition coefficient (Wildman–Crippen LogP) is 3.48. The maximum Gasteiger partial charge on any atom is 0.137 e. The van der Waals surface area contributed by atoms with Crippen molar-refractivity contribution in [2.24, 2.45) is 5.92 Å². The first-order chi connectivity index (χ1) is 7.99. The molecule has 0 N–H and O–H groups in total. The third kappa shape index (κ3) is 3.56. The molecule has 0 atom stereocenters. The lowest BCUT2D eigenvalue weighted by atomic mass is 10.2. The standard InChI is InChI=1S/C13H22ClN3/c1-6-11-15-12(14)10(5)13(16-11)17(7-2)8-9(3)4/h9H,6-8H2,1-5H3. The number of hydrogen-bond acceptors (Lipinski definition) is 3. The molecule has 0 amide bonds. The lowest BCUT2D eigenvalue weighted by molar-refractivity contribution is 0.611. The van der Waals surface area contributed by atoms with Gasteiger partial charge in [0.05, 0.1) is 0 Å². The largest absolute Gasteiger partial charge is 0.356 e. The van der Waals surface area contributed by atoms with E-state index < -0.39 is 0 Å². The first-order valence-corrected chi connectivity index (χ1v) is 6.65. The zero-order chi connectivity index (χ0) is 13.0. The minimum atomic E-state index is 0.578. The summed E-state index contributed by atoms with van der Waals surface area (Å²) in [7, 11) is 0. The van der Waals surface area contributed by atoms with Gasteiger partial charge in [-0.1, -0.05) is 32.4 Å². The second-order valence-corrected chi connectivity index (χ2v) is 5.02. The second kappa shape index (κ2) is 6.20. The summed E-state index contributed by atoms with van der Waals surface area (Å²) in [6.45, 7) is 12.5. The van der Waals surface area contributed by atoms with E-state index in [9.17, 15) is 0 Å². The molecule has 0 unspecified atom stereocenters. The molecule has 0 fully saturated rings. The summed E-state index contributed by atoms with van der Waals surface area (Å²) >= 11 is 6.16. The van der Waals surface area contributed by atoms with E-state index in [1.165, 1.54) is 0 Å². The van der Waals surface area contributed by atoms with Gasteiger partial charge in [0.1, 0.15) is 16.8 Å². The van der Waals surface area contributed by atoms with Crippen molar-refractivity contribution in [3.63, 3.8) is 0 Å². The van der Waals surface area contributed by atoms with E-state index >= 15 is 0 Å². The molecule has 0 aliphatic carbocycles. The molecule has 1 heterocycles. The Hall–Kier alpha value is -0.830. The summed E-state index contributed by atoms with van der Waals surface area (Å²) in [4.78, 5) is 11.2. The minimum Gasteiger partial charge on any atom is -0.356 e. The van der Waals surface area contributed by atoms with E-state index in [4.69, 9.17) is 11.6 Å². The van der Waals surface area contributed by atoms with Gasteiger partial charge < -0.3 is 4.90 Å². The molecule has 1 rings (SSSR count). The highest BCUT2D eigenvalue weighted by Gasteiger charge is 2.15. The molecule has 0 aromatic carbocycles. The molecule has 4 heteroatoms. The zero-order valence-corrected chi connectivity index (χ0v) is 12.2. The maximum atomic E-state index is 6.16. The Balaban J connectivity index is 3.13. The van der Waals surface area contributed by atoms with Crippen molar-refractivity contribution in [2.45, 2.75) is 41.0 Å². The number of hydrogen-bond donors (Lipinski definition) is 0. The second-order valence-electron chi connectivity index (χ2n) is 4.67. The quantitative estimate of drug-likeness (QED) is 0.755. The van der Waals surface area contributed by atoms with Gasteiger partial charge >= 0.3 is 0 Å². The SMILES string of the molecule is CCc1nc(Cl)c(C)c(N(CC)CC(C)C)n1. The Bertz CT molecular complexity index is 377. The smallest absolute Gasteiger partial charge is 0.137 e. The van der Waals surface area contributed by atoms with Gasteiger partial charge in [0.15, 0.2) is 0 Å². The Morgan fingerprint density at radius 3 is 2.35 bits per heavy atom. The minimum absolute atomic E-state index is 0.578. The number of halogens is 1. The number of aromatic nitrogens is 2. The lowest BCUT2D eigenvalue weighted by Crippen LogP contribution is -2.29. The van der Waals surface area contributed by atoms with Crippen molar-refractivity contribution in [3.05, 3.63) is 16.5 Å². The van der Waals surface area contributed by atoms with Crippen LogP contribution in [0.25, 0.3) is 0 Å². The lowest BCUT2D eigenvalue weighted by Gasteiger charge is -2.26. The van der Waals surface area contributed by atoms with Crippen molar-refractivity contribution >= 4 is 17.4 Å². The third-order valence-electron chi connectivity index (χ3n) is 2.69. The fraction of sp³-hybridized carbons (Fsp3) is 0.692. The molecule has 0 spiro atoms. The number of nitrogens with zero attached hydrogens (tertiary/aromatic N) is 3. The Morgan fingerprint density at radius 2 is 1.88 bits per heavy atom. The summed E-state index contributed by atoms with van der Waals surface area (Å²) in [6, 6.07) is 0. The van der Waals surface area contributed by atoms with Crippen LogP contribution in [0.2, 0.25) is 5.15 Å². The fourth-order valence-corrected chi connectivity index (χ4v) is 1.97. The molecule has 0 radical (unpaired) electrons. The first-order valence-electron chi connectivity index (χ1n) is 6.27. The molecule has 3 nitrogen and oxygen atoms in total. The van der Waals surface area contributed by atoms with Gasteiger partial charge in [-0.2, -0.15) is 0 Å². The first kappa shape index (κ1) is 14.2. The highest BCUT2D eigenvalue weighted by atomic mass is 35.5. The highest BCUT2D eigenvalue weighted by Crippen LogP contribution is 2.24. The maximum absolute atomic E-state index is 6.16. The van der Waals surface area contributed by atoms with E-state index in [0.717, 1.165) is 36.7 Å². The molecule has 0 bridgehead atoms. The molecule has 17 heavy (non-hydrogen) atoms. The molecular weight excluding hydrogens is 234 g/mol. The van der Waals surface area contributed by atoms with Gasteiger partial charge in [-0.15, -0.1) is 0 Å². The van der Waals surface area contributed by atoms with E-state index in [2.05, 4.69) is 35.6 Å². The molecule has 1 aromatic heterocycles. The van der Waals surface area contributed by atoms with Crippen LogP contribution in [0.1, 0.15) is 39.1 Å². The molecule has 0 saturated carbocycles. The van der Waals surface area contributed by atoms with Gasteiger partial charge in [0.25, 0.3) is 0 Å². The van der Waals surface area contributed by atoms with E-state index in [1.54, 1.807) is 0 Å². The van der Waals surface area contributed by atoms with E-state index in [0.29, 0.717) is 11.1 Å². The summed E-state index contributed by atoms with van der Waals surface area (Å²) in [5.74, 6) is 2.41. The molecule has 0 aliphatic heterocycles. The highest BCUT2D eigenvalue weighted by molar-refractivity contribution is 6.30. The van der Waals surface area contributed by atoms with Crippen molar-refractivity contribution in [3.8, 4) is 0 Å². The Morgan fingerprint density at radius 1 is 1.24 bits per heavy atom. The van der Waals surface area contributed by atoms with Crippen molar-refractivity contribution < 1.29 is 0 Å². The summed E-state index contributed by atoms with van der Waals surface area (Å²) in [5.41, 5.74) is 0.978. The summed E-state index contributed by atoms with van der Waals surface area (Å²) in [5, 5.41) is 0.578. The summed E-state index contributed by atoms with van der Waals surface area (Å²) in [6.07, 6.45) is 0.812. The normalized spacial score (nSPS) is 11.0. The number of anilines is 1. The summed E-state index contributed by atoms with van der Waals surface area (Å²) < 4.78 is 0. The van der Waals surface area contributed by atoms with Gasteiger partial charge in [-0.05, 0) is 19.8 Å². The fourth-order valence-electron chi connectivity index (χ4n) is 1.79. The van der Waals surface area contributed by atoms with Gasteiger partial charge in [0, 0.05) is 25.1 Å². The third-order valence-corrected chi connectivity index (χ3v) is 3.06. The van der Waals surface area contributed by atoms with Crippen LogP contribution in [0.4, 0.5) is 5.82 Å². The van der Waals surface area contributed by atoms with Crippen LogP contribution in [0, 0.1) is 12.8 Å². The van der Waals surface area contributed by atoms with Crippen molar-refractivity contribution in [1.82, 2.24) is 9.97 Å². The Labute approximate surface area is 109 Å².